The van der Waals surface area contributed by atoms with Crippen LogP contribution < -0.4 is 10.1 Å². The second-order valence-electron chi connectivity index (χ2n) is 11.4. The molecular weight excluding hydrogens is 586 g/mol. The van der Waals surface area contributed by atoms with Crippen LogP contribution in [0, 0.1) is 5.82 Å². The van der Waals surface area contributed by atoms with Gasteiger partial charge < -0.3 is 19.5 Å². The van der Waals surface area contributed by atoms with E-state index in [0.717, 1.165) is 86.4 Å². The molecule has 0 saturated carbocycles. The van der Waals surface area contributed by atoms with Crippen LogP contribution in [0.4, 0.5) is 4.39 Å². The van der Waals surface area contributed by atoms with Crippen LogP contribution in [0.1, 0.15) is 48.2 Å². The monoisotopic (exact) mass is 624 g/mol. The number of benzene rings is 3. The summed E-state index contributed by atoms with van der Waals surface area (Å²) in [5.74, 6) is 0.438. The molecule has 0 spiro atoms. The first-order valence-corrected chi connectivity index (χ1v) is 15.7. The Morgan fingerprint density at radius 1 is 0.930 bits per heavy atom. The van der Waals surface area contributed by atoms with E-state index in [1.54, 1.807) is 12.1 Å². The number of nitrogens with zero attached hydrogens (tertiary/aromatic N) is 3. The van der Waals surface area contributed by atoms with E-state index < -0.39 is 0 Å². The normalized spacial score (nSPS) is 14.7. The van der Waals surface area contributed by atoms with Crippen LogP contribution in [-0.2, 0) is 19.6 Å². The molecule has 2 heterocycles. The number of aryl methyl sites for hydroxylation is 1. The topological polar surface area (TPSA) is 49.7 Å². The van der Waals surface area contributed by atoms with Crippen molar-refractivity contribution < 1.29 is 13.9 Å². The zero-order valence-corrected chi connectivity index (χ0v) is 26.3. The highest BCUT2D eigenvalue weighted by atomic mass is 35.5. The third kappa shape index (κ3) is 8.30. The molecule has 1 saturated heterocycles. The Balaban J connectivity index is 1.24. The highest BCUT2D eigenvalue weighted by Crippen LogP contribution is 2.31. The van der Waals surface area contributed by atoms with Crippen molar-refractivity contribution in [3.63, 3.8) is 0 Å². The second kappa shape index (κ2) is 14.6. The lowest BCUT2D eigenvalue weighted by atomic mass is 10.1. The average molecular weight is 626 g/mol. The first kappa shape index (κ1) is 31.3. The minimum Gasteiger partial charge on any atom is -0.489 e. The van der Waals surface area contributed by atoms with E-state index in [0.29, 0.717) is 22.2 Å². The minimum absolute atomic E-state index is 0.0100. The molecule has 0 unspecified atom stereocenters. The van der Waals surface area contributed by atoms with Crippen molar-refractivity contribution in [2.45, 2.75) is 52.4 Å². The van der Waals surface area contributed by atoms with E-state index in [4.69, 9.17) is 27.9 Å². The summed E-state index contributed by atoms with van der Waals surface area (Å²) in [6, 6.07) is 18.1. The number of fused-ring (bicyclic) bond motifs is 1. The van der Waals surface area contributed by atoms with Gasteiger partial charge in [0.1, 0.15) is 11.6 Å². The summed E-state index contributed by atoms with van der Waals surface area (Å²) in [6.45, 7) is 11.0. The number of rotatable bonds is 11. The highest BCUT2D eigenvalue weighted by molar-refractivity contribution is 6.42. The summed E-state index contributed by atoms with van der Waals surface area (Å²) in [5, 5.41) is 4.86. The summed E-state index contributed by atoms with van der Waals surface area (Å²) < 4.78 is 21.6. The summed E-state index contributed by atoms with van der Waals surface area (Å²) in [5.41, 5.74) is 3.59. The molecule has 0 aliphatic carbocycles. The molecule has 5 rings (SSSR count). The molecule has 1 aliphatic heterocycles. The lowest BCUT2D eigenvalue weighted by molar-refractivity contribution is 0.0952. The van der Waals surface area contributed by atoms with Crippen molar-refractivity contribution in [1.29, 1.82) is 0 Å². The Morgan fingerprint density at radius 3 is 2.44 bits per heavy atom. The third-order valence-corrected chi connectivity index (χ3v) is 8.52. The predicted molar refractivity (Wildman–Crippen MR) is 173 cm³/mol. The molecule has 0 radical (unpaired) electrons. The minimum atomic E-state index is -0.194. The highest BCUT2D eigenvalue weighted by Gasteiger charge is 2.20. The van der Waals surface area contributed by atoms with Crippen LogP contribution in [0.15, 0.2) is 66.9 Å². The lowest BCUT2D eigenvalue weighted by Gasteiger charge is -2.22. The van der Waals surface area contributed by atoms with E-state index >= 15 is 0 Å². The number of ether oxygens (including phenoxy) is 1. The van der Waals surface area contributed by atoms with Crippen molar-refractivity contribution in [3.05, 3.63) is 99.4 Å². The van der Waals surface area contributed by atoms with Crippen molar-refractivity contribution in [3.8, 4) is 5.75 Å². The fourth-order valence-electron chi connectivity index (χ4n) is 5.68. The van der Waals surface area contributed by atoms with Crippen LogP contribution in [0.3, 0.4) is 0 Å². The van der Waals surface area contributed by atoms with Crippen LogP contribution in [0.2, 0.25) is 10.0 Å². The molecule has 1 N–H and O–H groups in total. The predicted octanol–water partition coefficient (Wildman–Crippen LogP) is 7.40. The van der Waals surface area contributed by atoms with E-state index in [2.05, 4.69) is 19.7 Å². The standard InChI is InChI=1S/C34H39Cl2FN4O2/c1-24(2)43-32-7-3-6-28-29(34(42)38-21-26-10-13-30(35)31(36)20-26)23-41(33(28)32)17-5-15-39-14-4-16-40(19-18-39)22-25-8-11-27(37)12-9-25/h3,6-13,20,23-24H,4-5,14-19,21-22H2,1-2H3,(H,38,42). The van der Waals surface area contributed by atoms with Gasteiger partial charge in [-0.05, 0) is 87.8 Å². The molecule has 0 atom stereocenters. The average Bonchev–Trinajstić information content (AvgIpc) is 3.21. The fourth-order valence-corrected chi connectivity index (χ4v) is 6.00. The van der Waals surface area contributed by atoms with Gasteiger partial charge in [0.25, 0.3) is 5.91 Å². The largest absolute Gasteiger partial charge is 0.489 e. The number of hydrogen-bond acceptors (Lipinski definition) is 4. The smallest absolute Gasteiger partial charge is 0.253 e. The van der Waals surface area contributed by atoms with Crippen molar-refractivity contribution in [2.75, 3.05) is 32.7 Å². The third-order valence-electron chi connectivity index (χ3n) is 7.78. The van der Waals surface area contributed by atoms with Gasteiger partial charge in [0.15, 0.2) is 0 Å². The van der Waals surface area contributed by atoms with E-state index in [9.17, 15) is 9.18 Å². The van der Waals surface area contributed by atoms with Gasteiger partial charge in [-0.15, -0.1) is 0 Å². The summed E-state index contributed by atoms with van der Waals surface area (Å²) in [6.07, 6.45) is 4.01. The van der Waals surface area contributed by atoms with Crippen LogP contribution >= 0.6 is 23.2 Å². The Hall–Kier alpha value is -3.10. The van der Waals surface area contributed by atoms with Gasteiger partial charge in [0, 0.05) is 44.3 Å². The van der Waals surface area contributed by atoms with Crippen LogP contribution in [-0.4, -0.2) is 59.1 Å². The SMILES string of the molecule is CC(C)Oc1cccc2c(C(=O)NCc3ccc(Cl)c(Cl)c3)cn(CCCN3CCCN(Cc4ccc(F)cc4)CC3)c12. The lowest BCUT2D eigenvalue weighted by Crippen LogP contribution is -2.31. The molecule has 43 heavy (non-hydrogen) atoms. The maximum atomic E-state index is 13.4. The van der Waals surface area contributed by atoms with Gasteiger partial charge in [-0.25, -0.2) is 4.39 Å². The Kier molecular flexibility index (Phi) is 10.6. The molecule has 6 nitrogen and oxygen atoms in total. The number of carbonyl (C=O) groups excluding carboxylic acids is 1. The molecule has 228 valence electrons. The van der Waals surface area contributed by atoms with Gasteiger partial charge in [0.05, 0.1) is 27.2 Å². The van der Waals surface area contributed by atoms with Gasteiger partial charge in [-0.2, -0.15) is 0 Å². The van der Waals surface area contributed by atoms with Crippen molar-refractivity contribution in [2.24, 2.45) is 0 Å². The molecule has 3 aromatic carbocycles. The first-order valence-electron chi connectivity index (χ1n) is 15.0. The zero-order valence-electron chi connectivity index (χ0n) is 24.8. The van der Waals surface area contributed by atoms with Gasteiger partial charge in [-0.1, -0.05) is 53.5 Å². The maximum absolute atomic E-state index is 13.4. The first-order chi connectivity index (χ1) is 20.8. The van der Waals surface area contributed by atoms with Gasteiger partial charge in [-0.3, -0.25) is 9.69 Å². The molecule has 1 aliphatic rings. The molecule has 4 aromatic rings. The van der Waals surface area contributed by atoms with Crippen LogP contribution in [0.25, 0.3) is 10.9 Å². The van der Waals surface area contributed by atoms with E-state index in [1.807, 2.05) is 56.4 Å². The number of para-hydroxylation sites is 1. The van der Waals surface area contributed by atoms with Gasteiger partial charge in [0.2, 0.25) is 0 Å². The molecule has 9 heteroatoms. The summed E-state index contributed by atoms with van der Waals surface area (Å²) in [4.78, 5) is 18.4. The summed E-state index contributed by atoms with van der Waals surface area (Å²) >= 11 is 12.2. The fraction of sp³-hybridized carbons (Fsp3) is 0.382. The number of nitrogens with one attached hydrogen (secondary N) is 1. The Bertz CT molecular complexity index is 1540. The Morgan fingerprint density at radius 2 is 1.67 bits per heavy atom. The van der Waals surface area contributed by atoms with E-state index in [1.165, 1.54) is 12.1 Å². The van der Waals surface area contributed by atoms with Gasteiger partial charge >= 0.3 is 0 Å². The number of amides is 1. The molecule has 1 amide bonds. The molecule has 1 aromatic heterocycles. The number of carbonyl (C=O) groups is 1. The van der Waals surface area contributed by atoms with Crippen molar-refractivity contribution >= 4 is 40.0 Å². The molecular formula is C34H39Cl2FN4O2. The van der Waals surface area contributed by atoms with Crippen LogP contribution in [0.5, 0.6) is 5.75 Å². The number of hydrogen-bond donors (Lipinski definition) is 1. The van der Waals surface area contributed by atoms with Crippen molar-refractivity contribution in [1.82, 2.24) is 19.7 Å². The Labute approximate surface area is 263 Å². The zero-order chi connectivity index (χ0) is 30.3. The summed E-state index contributed by atoms with van der Waals surface area (Å²) in [7, 11) is 0. The molecule has 0 bridgehead atoms. The molecule has 1 fully saturated rings. The van der Waals surface area contributed by atoms with E-state index in [-0.39, 0.29) is 17.8 Å². The number of aromatic nitrogens is 1. The maximum Gasteiger partial charge on any atom is 0.253 e. The quantitative estimate of drug-likeness (QED) is 0.189. The second-order valence-corrected chi connectivity index (χ2v) is 12.3. The number of halogens is 3.